The molecule has 207 valence electrons. The Balaban J connectivity index is 0.000000218. The predicted molar refractivity (Wildman–Crippen MR) is 169 cm³/mol. The minimum atomic E-state index is -1.30. The molecule has 0 fully saturated rings. The normalized spacial score (nSPS) is 10.8. The van der Waals surface area contributed by atoms with Crippen LogP contribution in [-0.2, 0) is 26.5 Å². The van der Waals surface area contributed by atoms with Crippen molar-refractivity contribution >= 4 is 13.3 Å². The fourth-order valence-electron chi connectivity index (χ4n) is 4.61. The Morgan fingerprint density at radius 1 is 0.700 bits per heavy atom. The minimum absolute atomic E-state index is 0. The van der Waals surface area contributed by atoms with Gasteiger partial charge in [-0.25, -0.2) is 0 Å². The first-order valence-corrected chi connectivity index (χ1v) is 17.1. The Bertz CT molecular complexity index is 1540. The number of hydrogen-bond acceptors (Lipinski definition) is 2. The molecule has 0 amide bonds. The average molecular weight is 719 g/mol. The first kappa shape index (κ1) is 31.4. The monoisotopic (exact) mass is 719 g/mol. The second-order valence-corrected chi connectivity index (χ2v) is 16.1. The van der Waals surface area contributed by atoms with Gasteiger partial charge in [0.15, 0.2) is 0 Å². The van der Waals surface area contributed by atoms with Crippen molar-refractivity contribution in [2.45, 2.75) is 53.8 Å². The summed E-state index contributed by atoms with van der Waals surface area (Å²) in [7, 11) is -1.30. The van der Waals surface area contributed by atoms with Crippen molar-refractivity contribution in [3.8, 4) is 33.6 Å². The maximum atomic E-state index is 4.63. The molecule has 5 rings (SSSR count). The Morgan fingerprint density at radius 3 is 1.98 bits per heavy atom. The van der Waals surface area contributed by atoms with E-state index < -0.39 is 8.07 Å². The molecular weight excluding hydrogens is 681 g/mol. The molecule has 0 unspecified atom stereocenters. The van der Waals surface area contributed by atoms with Crippen LogP contribution >= 0.6 is 0 Å². The summed E-state index contributed by atoms with van der Waals surface area (Å²) in [6.45, 7) is 15.7. The van der Waals surface area contributed by atoms with Gasteiger partial charge in [-0.05, 0) is 41.0 Å². The van der Waals surface area contributed by atoms with Crippen molar-refractivity contribution in [1.29, 1.82) is 0 Å². The van der Waals surface area contributed by atoms with E-state index in [9.17, 15) is 0 Å². The zero-order chi connectivity index (χ0) is 28.0. The largest absolute Gasteiger partial charge is 0.305 e. The van der Waals surface area contributed by atoms with Gasteiger partial charge in [-0.15, -0.1) is 70.8 Å². The first-order valence-electron chi connectivity index (χ1n) is 13.6. The number of aryl methyl sites for hydroxylation is 4. The van der Waals surface area contributed by atoms with E-state index in [4.69, 9.17) is 0 Å². The number of pyridine rings is 2. The van der Waals surface area contributed by atoms with E-state index in [-0.39, 0.29) is 20.1 Å². The van der Waals surface area contributed by atoms with Gasteiger partial charge >= 0.3 is 0 Å². The Morgan fingerprint density at radius 2 is 1.38 bits per heavy atom. The van der Waals surface area contributed by atoms with E-state index in [2.05, 4.69) is 124 Å². The molecule has 2 heterocycles. The van der Waals surface area contributed by atoms with E-state index in [1.807, 2.05) is 36.5 Å². The summed E-state index contributed by atoms with van der Waals surface area (Å²) in [5.41, 5.74) is 11.8. The summed E-state index contributed by atoms with van der Waals surface area (Å²) >= 11 is 0. The molecule has 3 aromatic carbocycles. The smallest absolute Gasteiger partial charge is 0.0798 e. The van der Waals surface area contributed by atoms with E-state index in [1.54, 1.807) is 0 Å². The second-order valence-electron chi connectivity index (χ2n) is 11.1. The zero-order valence-corrected chi connectivity index (χ0v) is 28.0. The number of aromatic nitrogens is 2. The third-order valence-electron chi connectivity index (χ3n) is 7.06. The van der Waals surface area contributed by atoms with Crippen LogP contribution in [0.5, 0.6) is 0 Å². The van der Waals surface area contributed by atoms with Crippen molar-refractivity contribution < 1.29 is 20.1 Å². The van der Waals surface area contributed by atoms with Gasteiger partial charge < -0.3 is 9.97 Å². The molecule has 0 aliphatic heterocycles. The van der Waals surface area contributed by atoms with Gasteiger partial charge in [-0.1, -0.05) is 88.4 Å². The molecule has 2 nitrogen and oxygen atoms in total. The van der Waals surface area contributed by atoms with Crippen LogP contribution in [-0.4, -0.2) is 18.0 Å². The van der Waals surface area contributed by atoms with Crippen LogP contribution in [0, 0.1) is 32.9 Å². The molecule has 5 aromatic rings. The van der Waals surface area contributed by atoms with Gasteiger partial charge in [0.05, 0.1) is 8.07 Å². The molecule has 1 radical (unpaired) electrons. The van der Waals surface area contributed by atoms with Crippen molar-refractivity contribution in [3.63, 3.8) is 0 Å². The predicted octanol–water partition coefficient (Wildman–Crippen LogP) is 8.79. The van der Waals surface area contributed by atoms with Crippen LogP contribution in [0.4, 0.5) is 0 Å². The van der Waals surface area contributed by atoms with Crippen molar-refractivity contribution in [1.82, 2.24) is 9.97 Å². The third-order valence-corrected chi connectivity index (χ3v) is 9.13. The van der Waals surface area contributed by atoms with Crippen molar-refractivity contribution in [2.24, 2.45) is 0 Å². The standard InChI is InChI=1S/C20H18N.C16H20NSi.Ir/c1-14-9-10-18(11-15(14)2)20-12-16(3)19(13-21-20)17-7-5-4-6-8-17;1-5-13-11-15(14-9-7-6-8-10-14)17-12-16(13)18(2,3)4;/h4-9,11-13H,1-3H3;6-9,11-12H,5H2,1-4H3;/q2*-1;. The fourth-order valence-corrected chi connectivity index (χ4v) is 6.27. The van der Waals surface area contributed by atoms with Crippen LogP contribution in [0.25, 0.3) is 33.6 Å². The Kier molecular flexibility index (Phi) is 10.9. The topological polar surface area (TPSA) is 25.8 Å². The number of benzene rings is 3. The maximum absolute atomic E-state index is 4.63. The molecule has 0 bridgehead atoms. The van der Waals surface area contributed by atoms with E-state index in [0.29, 0.717) is 0 Å². The molecule has 2 aromatic heterocycles. The van der Waals surface area contributed by atoms with Crippen LogP contribution in [0.2, 0.25) is 19.6 Å². The zero-order valence-electron chi connectivity index (χ0n) is 24.6. The van der Waals surface area contributed by atoms with Crippen LogP contribution in [0.1, 0.15) is 29.2 Å². The minimum Gasteiger partial charge on any atom is -0.305 e. The third kappa shape index (κ3) is 7.72. The molecule has 40 heavy (non-hydrogen) atoms. The second kappa shape index (κ2) is 13.9. The number of nitrogens with zero attached hydrogens (tertiary/aromatic N) is 2. The van der Waals surface area contributed by atoms with Crippen LogP contribution in [0.3, 0.4) is 0 Å². The van der Waals surface area contributed by atoms with Gasteiger partial charge in [0.2, 0.25) is 0 Å². The molecular formula is C36H38IrN2Si-2. The molecule has 0 saturated heterocycles. The van der Waals surface area contributed by atoms with Gasteiger partial charge in [0.25, 0.3) is 0 Å². The number of hydrogen-bond donors (Lipinski definition) is 0. The number of rotatable bonds is 5. The van der Waals surface area contributed by atoms with E-state index >= 15 is 0 Å². The van der Waals surface area contributed by atoms with E-state index in [1.165, 1.54) is 38.6 Å². The van der Waals surface area contributed by atoms with Gasteiger partial charge in [-0.2, -0.15) is 0 Å². The van der Waals surface area contributed by atoms with Crippen LogP contribution < -0.4 is 5.19 Å². The molecule has 0 N–H and O–H groups in total. The summed E-state index contributed by atoms with van der Waals surface area (Å²) in [5.74, 6) is 0. The van der Waals surface area contributed by atoms with Crippen molar-refractivity contribution in [3.05, 3.63) is 126 Å². The molecule has 0 atom stereocenters. The molecule has 0 aliphatic carbocycles. The summed E-state index contributed by atoms with van der Waals surface area (Å²) < 4.78 is 0. The molecule has 0 aliphatic rings. The SMILES string of the molecule is CCc1cc(-c2[c-]cccc2)ncc1[Si](C)(C)C.Cc1c[c-]c(-c2cc(C)c(-c3ccccc3)cn2)cc1C.[Ir]. The van der Waals surface area contributed by atoms with Crippen molar-refractivity contribution in [2.75, 3.05) is 0 Å². The van der Waals surface area contributed by atoms with E-state index in [0.717, 1.165) is 28.9 Å². The first-order chi connectivity index (χ1) is 18.7. The maximum Gasteiger partial charge on any atom is 0.0798 e. The molecule has 0 saturated carbocycles. The average Bonchev–Trinajstić information content (AvgIpc) is 2.95. The summed E-state index contributed by atoms with van der Waals surface area (Å²) in [6, 6.07) is 33.5. The summed E-state index contributed by atoms with van der Waals surface area (Å²) in [6.07, 6.45) is 5.12. The van der Waals surface area contributed by atoms with Gasteiger partial charge in [-0.3, -0.25) is 0 Å². The summed E-state index contributed by atoms with van der Waals surface area (Å²) in [4.78, 5) is 9.25. The summed E-state index contributed by atoms with van der Waals surface area (Å²) in [5, 5.41) is 1.48. The van der Waals surface area contributed by atoms with Gasteiger partial charge in [0, 0.05) is 38.1 Å². The van der Waals surface area contributed by atoms with Crippen LogP contribution in [0.15, 0.2) is 91.3 Å². The fraction of sp³-hybridized carbons (Fsp3) is 0.222. The quantitative estimate of drug-likeness (QED) is 0.134. The Labute approximate surface area is 255 Å². The molecule has 0 spiro atoms. The molecule has 4 heteroatoms. The van der Waals surface area contributed by atoms with Gasteiger partial charge in [0.1, 0.15) is 0 Å². The Hall–Kier alpha value is -3.17.